The van der Waals surface area contributed by atoms with E-state index in [1.807, 2.05) is 13.0 Å². The maximum Gasteiger partial charge on any atom is 0.339 e. The highest BCUT2D eigenvalue weighted by Gasteiger charge is 2.19. The Kier molecular flexibility index (Phi) is 5.17. The Balaban J connectivity index is 2.06. The van der Waals surface area contributed by atoms with E-state index >= 15 is 0 Å². The topological polar surface area (TPSA) is 65.5 Å². The SMILES string of the molecule is Cc1cc(NCC(C)N2CCCCC2)c(C(=O)O)c(C)n1. The molecule has 0 aromatic carbocycles. The fourth-order valence-electron chi connectivity index (χ4n) is 2.98. The van der Waals surface area contributed by atoms with Crippen LogP contribution in [0, 0.1) is 13.8 Å². The molecule has 0 spiro atoms. The molecule has 2 heterocycles. The predicted molar refractivity (Wildman–Crippen MR) is 84.0 cm³/mol. The standard InChI is InChI=1S/C16H25N3O2/c1-11-9-14(15(16(20)21)13(3)18-11)17-10-12(2)19-7-5-4-6-8-19/h9,12H,4-8,10H2,1-3H3,(H,17,18)(H,20,21). The molecule has 2 N–H and O–H groups in total. The maximum atomic E-state index is 11.4. The average molecular weight is 291 g/mol. The second-order valence-corrected chi connectivity index (χ2v) is 5.90. The zero-order valence-corrected chi connectivity index (χ0v) is 13.1. The summed E-state index contributed by atoms with van der Waals surface area (Å²) in [7, 11) is 0. The summed E-state index contributed by atoms with van der Waals surface area (Å²) in [4.78, 5) is 18.1. The van der Waals surface area contributed by atoms with Gasteiger partial charge in [-0.3, -0.25) is 9.88 Å². The van der Waals surface area contributed by atoms with Crippen LogP contribution in [-0.2, 0) is 0 Å². The summed E-state index contributed by atoms with van der Waals surface area (Å²) in [5.41, 5.74) is 2.36. The van der Waals surface area contributed by atoms with Gasteiger partial charge in [-0.2, -0.15) is 0 Å². The van der Waals surface area contributed by atoms with Crippen molar-refractivity contribution >= 4 is 11.7 Å². The van der Waals surface area contributed by atoms with Gasteiger partial charge in [0.05, 0.1) is 11.4 Å². The highest BCUT2D eigenvalue weighted by atomic mass is 16.4. The average Bonchev–Trinajstić information content (AvgIpc) is 2.44. The van der Waals surface area contributed by atoms with Gasteiger partial charge in [-0.15, -0.1) is 0 Å². The second kappa shape index (κ2) is 6.89. The third-order valence-electron chi connectivity index (χ3n) is 4.14. The van der Waals surface area contributed by atoms with Gasteiger partial charge in [0.2, 0.25) is 0 Å². The van der Waals surface area contributed by atoms with Crippen molar-refractivity contribution in [2.45, 2.75) is 46.1 Å². The number of likely N-dealkylation sites (tertiary alicyclic amines) is 1. The number of carbonyl (C=O) groups is 1. The molecule has 1 aliphatic rings. The lowest BCUT2D eigenvalue weighted by Crippen LogP contribution is -2.41. The van der Waals surface area contributed by atoms with E-state index in [0.29, 0.717) is 17.4 Å². The fourth-order valence-corrected chi connectivity index (χ4v) is 2.98. The summed E-state index contributed by atoms with van der Waals surface area (Å²) in [6.07, 6.45) is 3.85. The zero-order chi connectivity index (χ0) is 15.4. The molecular formula is C16H25N3O2. The van der Waals surface area contributed by atoms with Crippen molar-refractivity contribution in [3.63, 3.8) is 0 Å². The van der Waals surface area contributed by atoms with Crippen LogP contribution >= 0.6 is 0 Å². The number of aryl methyl sites for hydroxylation is 2. The van der Waals surface area contributed by atoms with E-state index in [4.69, 9.17) is 0 Å². The molecule has 1 aromatic heterocycles. The fraction of sp³-hybridized carbons (Fsp3) is 0.625. The number of hydrogen-bond acceptors (Lipinski definition) is 4. The summed E-state index contributed by atoms with van der Waals surface area (Å²) in [5, 5.41) is 12.7. The van der Waals surface area contributed by atoms with E-state index < -0.39 is 5.97 Å². The Morgan fingerprint density at radius 1 is 1.38 bits per heavy atom. The minimum absolute atomic E-state index is 0.284. The van der Waals surface area contributed by atoms with Crippen molar-refractivity contribution in [3.8, 4) is 0 Å². The van der Waals surface area contributed by atoms with Crippen LogP contribution in [0.5, 0.6) is 0 Å². The van der Waals surface area contributed by atoms with Crippen LogP contribution in [0.15, 0.2) is 6.07 Å². The summed E-state index contributed by atoms with van der Waals surface area (Å²) in [5.74, 6) is -0.923. The van der Waals surface area contributed by atoms with Gasteiger partial charge < -0.3 is 10.4 Å². The number of aromatic carboxylic acids is 1. The monoisotopic (exact) mass is 291 g/mol. The molecule has 0 amide bonds. The minimum Gasteiger partial charge on any atom is -0.478 e. The normalized spacial score (nSPS) is 17.5. The molecule has 0 radical (unpaired) electrons. The molecule has 1 fully saturated rings. The van der Waals surface area contributed by atoms with Crippen LogP contribution in [-0.4, -0.2) is 46.6 Å². The van der Waals surface area contributed by atoms with E-state index in [9.17, 15) is 9.90 Å². The molecule has 5 heteroatoms. The van der Waals surface area contributed by atoms with Crippen LogP contribution in [0.3, 0.4) is 0 Å². The molecule has 5 nitrogen and oxygen atoms in total. The predicted octanol–water partition coefficient (Wildman–Crippen LogP) is 2.68. The van der Waals surface area contributed by atoms with Crippen LogP contribution in [0.2, 0.25) is 0 Å². The zero-order valence-electron chi connectivity index (χ0n) is 13.1. The Morgan fingerprint density at radius 3 is 2.67 bits per heavy atom. The molecular weight excluding hydrogens is 266 g/mol. The van der Waals surface area contributed by atoms with Crippen molar-refractivity contribution in [1.29, 1.82) is 0 Å². The summed E-state index contributed by atoms with van der Waals surface area (Å²) >= 11 is 0. The van der Waals surface area contributed by atoms with Crippen LogP contribution < -0.4 is 5.32 Å². The van der Waals surface area contributed by atoms with Crippen molar-refractivity contribution in [2.75, 3.05) is 25.0 Å². The van der Waals surface area contributed by atoms with E-state index in [1.54, 1.807) is 6.92 Å². The third kappa shape index (κ3) is 3.94. The third-order valence-corrected chi connectivity index (χ3v) is 4.14. The van der Waals surface area contributed by atoms with Crippen molar-refractivity contribution in [1.82, 2.24) is 9.88 Å². The molecule has 1 aromatic rings. The number of hydrogen-bond donors (Lipinski definition) is 2. The summed E-state index contributed by atoms with van der Waals surface area (Å²) < 4.78 is 0. The maximum absolute atomic E-state index is 11.4. The van der Waals surface area contributed by atoms with Gasteiger partial charge in [0.15, 0.2) is 0 Å². The molecule has 116 valence electrons. The first-order chi connectivity index (χ1) is 9.99. The highest BCUT2D eigenvalue weighted by Crippen LogP contribution is 2.20. The highest BCUT2D eigenvalue weighted by molar-refractivity contribution is 5.95. The molecule has 0 saturated carbocycles. The molecule has 1 saturated heterocycles. The lowest BCUT2D eigenvalue weighted by Gasteiger charge is -2.32. The van der Waals surface area contributed by atoms with Crippen molar-refractivity contribution in [2.24, 2.45) is 0 Å². The Morgan fingerprint density at radius 2 is 2.05 bits per heavy atom. The first-order valence-electron chi connectivity index (χ1n) is 7.68. The van der Waals surface area contributed by atoms with Gasteiger partial charge in [-0.25, -0.2) is 4.79 Å². The first kappa shape index (κ1) is 15.8. The van der Waals surface area contributed by atoms with Crippen LogP contribution in [0.25, 0.3) is 0 Å². The number of pyridine rings is 1. The van der Waals surface area contributed by atoms with Crippen molar-refractivity contribution < 1.29 is 9.90 Å². The minimum atomic E-state index is -0.923. The number of carboxylic acid groups (broad SMARTS) is 1. The van der Waals surface area contributed by atoms with Gasteiger partial charge in [0, 0.05) is 18.3 Å². The van der Waals surface area contributed by atoms with E-state index in [2.05, 4.69) is 22.1 Å². The number of anilines is 1. The van der Waals surface area contributed by atoms with Crippen LogP contribution in [0.4, 0.5) is 5.69 Å². The molecule has 1 unspecified atom stereocenters. The van der Waals surface area contributed by atoms with Gasteiger partial charge in [0.1, 0.15) is 5.56 Å². The van der Waals surface area contributed by atoms with Gasteiger partial charge in [0.25, 0.3) is 0 Å². The number of aromatic nitrogens is 1. The quantitative estimate of drug-likeness (QED) is 0.873. The lowest BCUT2D eigenvalue weighted by atomic mass is 10.1. The molecule has 0 aliphatic carbocycles. The number of piperidine rings is 1. The molecule has 0 bridgehead atoms. The van der Waals surface area contributed by atoms with Crippen LogP contribution in [0.1, 0.15) is 47.9 Å². The van der Waals surface area contributed by atoms with Gasteiger partial charge in [-0.05, 0) is 52.8 Å². The molecule has 1 atom stereocenters. The summed E-state index contributed by atoms with van der Waals surface area (Å²) in [6.45, 7) is 8.86. The molecule has 2 rings (SSSR count). The lowest BCUT2D eigenvalue weighted by molar-refractivity contribution is 0.0696. The van der Waals surface area contributed by atoms with E-state index in [1.165, 1.54) is 19.3 Å². The number of rotatable bonds is 5. The smallest absolute Gasteiger partial charge is 0.339 e. The molecule has 1 aliphatic heterocycles. The van der Waals surface area contributed by atoms with Gasteiger partial charge >= 0.3 is 5.97 Å². The summed E-state index contributed by atoms with van der Waals surface area (Å²) in [6, 6.07) is 2.22. The van der Waals surface area contributed by atoms with Crippen molar-refractivity contribution in [3.05, 3.63) is 23.0 Å². The number of nitrogens with one attached hydrogen (secondary N) is 1. The molecule has 21 heavy (non-hydrogen) atoms. The van der Waals surface area contributed by atoms with E-state index in [0.717, 1.165) is 25.3 Å². The second-order valence-electron chi connectivity index (χ2n) is 5.90. The number of nitrogens with zero attached hydrogens (tertiary/aromatic N) is 2. The number of carboxylic acids is 1. The Labute approximate surface area is 126 Å². The first-order valence-corrected chi connectivity index (χ1v) is 7.68. The van der Waals surface area contributed by atoms with Gasteiger partial charge in [-0.1, -0.05) is 6.42 Å². The Hall–Kier alpha value is -1.62. The Bertz CT molecular complexity index is 510. The largest absolute Gasteiger partial charge is 0.478 e. The van der Waals surface area contributed by atoms with E-state index in [-0.39, 0.29) is 5.56 Å².